The lowest BCUT2D eigenvalue weighted by Gasteiger charge is -2.10. The van der Waals surface area contributed by atoms with Crippen LogP contribution in [0.5, 0.6) is 0 Å². The quantitative estimate of drug-likeness (QED) is 0.821. The van der Waals surface area contributed by atoms with Crippen molar-refractivity contribution in [3.63, 3.8) is 0 Å². The lowest BCUT2D eigenvalue weighted by Crippen LogP contribution is -2.13. The van der Waals surface area contributed by atoms with Gasteiger partial charge in [-0.25, -0.2) is 0 Å². The molecule has 1 N–H and O–H groups in total. The molecule has 0 aliphatic carbocycles. The molecule has 1 rings (SSSR count). The molecule has 1 heterocycles. The summed E-state index contributed by atoms with van der Waals surface area (Å²) < 4.78 is 38.3. The number of halogens is 4. The fourth-order valence-corrected chi connectivity index (χ4v) is 1.58. The van der Waals surface area contributed by atoms with Gasteiger partial charge in [0.05, 0.1) is 11.2 Å². The lowest BCUT2D eigenvalue weighted by atomic mass is 10.2. The molecule has 2 nitrogen and oxygen atoms in total. The third-order valence-electron chi connectivity index (χ3n) is 1.69. The maximum Gasteiger partial charge on any atom is 0.431 e. The van der Waals surface area contributed by atoms with Crippen LogP contribution in [0.15, 0.2) is 10.7 Å². The van der Waals surface area contributed by atoms with Crippen molar-refractivity contribution in [3.05, 3.63) is 21.9 Å². The van der Waals surface area contributed by atoms with Crippen molar-refractivity contribution in [1.82, 2.24) is 4.57 Å². The van der Waals surface area contributed by atoms with Crippen LogP contribution in [0.25, 0.3) is 0 Å². The van der Waals surface area contributed by atoms with Gasteiger partial charge in [-0.2, -0.15) is 13.2 Å². The Bertz CT molecular complexity index is 318. The van der Waals surface area contributed by atoms with E-state index in [4.69, 9.17) is 5.11 Å². The van der Waals surface area contributed by atoms with E-state index in [0.717, 1.165) is 4.57 Å². The summed E-state index contributed by atoms with van der Waals surface area (Å²) >= 11 is 2.95. The summed E-state index contributed by atoms with van der Waals surface area (Å²) in [6.07, 6.45) is -4.43. The van der Waals surface area contributed by atoms with Gasteiger partial charge in [-0.15, -0.1) is 0 Å². The molecule has 6 heteroatoms. The molecule has 0 aliphatic heterocycles. The van der Waals surface area contributed by atoms with Crippen LogP contribution in [-0.4, -0.2) is 9.67 Å². The minimum Gasteiger partial charge on any atom is -0.392 e. The summed E-state index contributed by atoms with van der Waals surface area (Å²) in [5, 5.41) is 8.69. The van der Waals surface area contributed by atoms with Crippen LogP contribution in [0.2, 0.25) is 0 Å². The van der Waals surface area contributed by atoms with E-state index < -0.39 is 18.5 Å². The molecule has 13 heavy (non-hydrogen) atoms. The Morgan fingerprint density at radius 1 is 1.54 bits per heavy atom. The zero-order chi connectivity index (χ0) is 10.2. The second kappa shape index (κ2) is 3.34. The first-order valence-corrected chi connectivity index (χ1v) is 4.19. The minimum absolute atomic E-state index is 0.123. The lowest BCUT2D eigenvalue weighted by molar-refractivity contribution is -0.144. The molecule has 0 spiro atoms. The molecule has 0 aromatic carbocycles. The topological polar surface area (TPSA) is 25.2 Å². The van der Waals surface area contributed by atoms with Crippen molar-refractivity contribution in [2.24, 2.45) is 7.05 Å². The molecule has 0 radical (unpaired) electrons. The molecule has 0 bridgehead atoms. The van der Waals surface area contributed by atoms with Gasteiger partial charge >= 0.3 is 6.18 Å². The van der Waals surface area contributed by atoms with Gasteiger partial charge in [-0.05, 0) is 22.0 Å². The Kier molecular flexibility index (Phi) is 2.72. The molecular weight excluding hydrogens is 251 g/mol. The molecule has 74 valence electrons. The molecule has 0 atom stereocenters. The molecule has 1 aromatic rings. The predicted molar refractivity (Wildman–Crippen MR) is 44.0 cm³/mol. The SMILES string of the molecule is Cn1c(Br)cc(CO)c1C(F)(F)F. The van der Waals surface area contributed by atoms with Crippen LogP contribution >= 0.6 is 15.9 Å². The highest BCUT2D eigenvalue weighted by atomic mass is 79.9. The Morgan fingerprint density at radius 3 is 2.38 bits per heavy atom. The molecule has 0 amide bonds. The van der Waals surface area contributed by atoms with Gasteiger partial charge in [0.2, 0.25) is 0 Å². The average molecular weight is 258 g/mol. The summed E-state index contributed by atoms with van der Waals surface area (Å²) in [5.41, 5.74) is -0.941. The molecule has 1 aromatic heterocycles. The van der Waals surface area contributed by atoms with Crippen molar-refractivity contribution >= 4 is 15.9 Å². The summed E-state index contributed by atoms with van der Waals surface area (Å²) in [5.74, 6) is 0. The standard InChI is InChI=1S/C7H7BrF3NO/c1-12-5(8)2-4(3-13)6(12)7(9,10)11/h2,13H,3H2,1H3. The molecule has 0 saturated heterocycles. The molecule has 0 saturated carbocycles. The minimum atomic E-state index is -4.43. The fraction of sp³-hybridized carbons (Fsp3) is 0.429. The van der Waals surface area contributed by atoms with Crippen molar-refractivity contribution in [1.29, 1.82) is 0 Å². The number of rotatable bonds is 1. The maximum absolute atomic E-state index is 12.4. The second-order valence-corrected chi connectivity index (χ2v) is 3.37. The van der Waals surface area contributed by atoms with E-state index in [0.29, 0.717) is 4.60 Å². The number of hydrogen-bond acceptors (Lipinski definition) is 1. The Morgan fingerprint density at radius 2 is 2.08 bits per heavy atom. The highest BCUT2D eigenvalue weighted by Crippen LogP contribution is 2.35. The number of alkyl halides is 3. The van der Waals surface area contributed by atoms with Crippen LogP contribution in [0.4, 0.5) is 13.2 Å². The van der Waals surface area contributed by atoms with E-state index in [1.807, 2.05) is 0 Å². The van der Waals surface area contributed by atoms with Crippen LogP contribution in [-0.2, 0) is 19.8 Å². The van der Waals surface area contributed by atoms with E-state index in [1.54, 1.807) is 0 Å². The van der Waals surface area contributed by atoms with Gasteiger partial charge in [0.1, 0.15) is 5.69 Å². The average Bonchev–Trinajstić information content (AvgIpc) is 2.26. The number of nitrogens with zero attached hydrogens (tertiary/aromatic N) is 1. The monoisotopic (exact) mass is 257 g/mol. The summed E-state index contributed by atoms with van der Waals surface area (Å²) in [4.78, 5) is 0. The zero-order valence-corrected chi connectivity index (χ0v) is 8.28. The van der Waals surface area contributed by atoms with Crippen LogP contribution in [0.3, 0.4) is 0 Å². The van der Waals surface area contributed by atoms with Crippen molar-refractivity contribution in [2.45, 2.75) is 12.8 Å². The normalized spacial score (nSPS) is 12.2. The zero-order valence-electron chi connectivity index (χ0n) is 6.69. The summed E-state index contributed by atoms with van der Waals surface area (Å²) in [7, 11) is 1.28. The molecular formula is C7H7BrF3NO. The first-order valence-electron chi connectivity index (χ1n) is 3.40. The first-order chi connectivity index (χ1) is 5.88. The maximum atomic E-state index is 12.4. The number of aliphatic hydroxyl groups excluding tert-OH is 1. The van der Waals surface area contributed by atoms with Gasteiger partial charge in [-0.3, -0.25) is 0 Å². The van der Waals surface area contributed by atoms with Crippen molar-refractivity contribution in [2.75, 3.05) is 0 Å². The van der Waals surface area contributed by atoms with Crippen LogP contribution in [0, 0.1) is 0 Å². The van der Waals surface area contributed by atoms with Crippen molar-refractivity contribution in [3.8, 4) is 0 Å². The van der Waals surface area contributed by atoms with Gasteiger partial charge in [0.25, 0.3) is 0 Å². The number of aromatic nitrogens is 1. The summed E-state index contributed by atoms with van der Waals surface area (Å²) in [6, 6.07) is 1.25. The highest BCUT2D eigenvalue weighted by Gasteiger charge is 2.37. The Labute approximate surface area is 81.1 Å². The smallest absolute Gasteiger partial charge is 0.392 e. The van der Waals surface area contributed by atoms with Gasteiger partial charge in [0, 0.05) is 12.6 Å². The second-order valence-electron chi connectivity index (χ2n) is 2.56. The highest BCUT2D eigenvalue weighted by molar-refractivity contribution is 9.10. The molecule has 0 aliphatic rings. The molecule has 0 fully saturated rings. The summed E-state index contributed by atoms with van der Waals surface area (Å²) in [6.45, 7) is -0.617. The fourth-order valence-electron chi connectivity index (χ4n) is 1.12. The first kappa shape index (κ1) is 10.6. The van der Waals surface area contributed by atoms with E-state index in [2.05, 4.69) is 15.9 Å². The largest absolute Gasteiger partial charge is 0.431 e. The molecule has 0 unspecified atom stereocenters. The van der Waals surface area contributed by atoms with Gasteiger partial charge in [0.15, 0.2) is 0 Å². The number of aliphatic hydroxyl groups is 1. The van der Waals surface area contributed by atoms with Crippen molar-refractivity contribution < 1.29 is 18.3 Å². The van der Waals surface area contributed by atoms with Gasteiger partial charge < -0.3 is 9.67 Å². The van der Waals surface area contributed by atoms with E-state index >= 15 is 0 Å². The van der Waals surface area contributed by atoms with Gasteiger partial charge in [-0.1, -0.05) is 0 Å². The van der Waals surface area contributed by atoms with Crippen LogP contribution < -0.4 is 0 Å². The van der Waals surface area contributed by atoms with E-state index in [1.165, 1.54) is 13.1 Å². The van der Waals surface area contributed by atoms with E-state index in [-0.39, 0.29) is 5.56 Å². The van der Waals surface area contributed by atoms with E-state index in [9.17, 15) is 13.2 Å². The third kappa shape index (κ3) is 1.88. The third-order valence-corrected chi connectivity index (χ3v) is 2.45. The van der Waals surface area contributed by atoms with Crippen LogP contribution in [0.1, 0.15) is 11.3 Å². The number of hydrogen-bond donors (Lipinski definition) is 1. The predicted octanol–water partition coefficient (Wildman–Crippen LogP) is 2.30. The Balaban J connectivity index is 3.33. The Hall–Kier alpha value is -0.490.